The van der Waals surface area contributed by atoms with Crippen LogP contribution in [0.2, 0.25) is 0 Å². The number of para-hydroxylation sites is 1. The molecule has 5 rings (SSSR count). The zero-order valence-corrected chi connectivity index (χ0v) is 14.6. The molecule has 2 heterocycles. The normalized spacial score (nSPS) is 16.2. The first kappa shape index (κ1) is 15.7. The van der Waals surface area contributed by atoms with Crippen molar-refractivity contribution in [2.75, 3.05) is 5.32 Å². The highest BCUT2D eigenvalue weighted by Crippen LogP contribution is 2.35. The van der Waals surface area contributed by atoms with Gasteiger partial charge in [0.05, 0.1) is 18.4 Å². The summed E-state index contributed by atoms with van der Waals surface area (Å²) in [6.07, 6.45) is 1.37. The van der Waals surface area contributed by atoms with Crippen LogP contribution >= 0.6 is 0 Å². The van der Waals surface area contributed by atoms with Crippen molar-refractivity contribution >= 4 is 22.4 Å². The first-order chi connectivity index (χ1) is 13.3. The van der Waals surface area contributed by atoms with Crippen molar-refractivity contribution in [2.24, 2.45) is 0 Å². The number of anilines is 1. The lowest BCUT2D eigenvalue weighted by Gasteiger charge is -2.37. The standard InChI is InChI=1S/C23H18N2O2/c26-23-20-9-3-4-10-21(20)24-22(25(23)15-19-8-5-13-27-19)18-12-11-16-6-1-2-7-17(16)14-18/h1-14,22,24H,15H2/t22-/m0/s1. The van der Waals surface area contributed by atoms with Crippen LogP contribution in [-0.2, 0) is 6.54 Å². The van der Waals surface area contributed by atoms with Gasteiger partial charge in [0.1, 0.15) is 11.9 Å². The van der Waals surface area contributed by atoms with Crippen molar-refractivity contribution in [1.82, 2.24) is 4.90 Å². The molecule has 0 unspecified atom stereocenters. The molecule has 3 aromatic carbocycles. The number of amides is 1. The number of nitrogens with one attached hydrogen (secondary N) is 1. The van der Waals surface area contributed by atoms with Gasteiger partial charge < -0.3 is 14.6 Å². The molecule has 1 aromatic heterocycles. The Balaban J connectivity index is 1.61. The zero-order valence-electron chi connectivity index (χ0n) is 14.6. The summed E-state index contributed by atoms with van der Waals surface area (Å²) in [6.45, 7) is 0.407. The van der Waals surface area contributed by atoms with E-state index in [2.05, 4.69) is 35.6 Å². The SMILES string of the molecule is O=C1c2ccccc2N[C@H](c2ccc3ccccc3c2)N1Cc1ccco1. The average Bonchev–Trinajstić information content (AvgIpc) is 3.23. The molecule has 0 aliphatic carbocycles. The van der Waals surface area contributed by atoms with Crippen molar-refractivity contribution in [1.29, 1.82) is 0 Å². The average molecular weight is 354 g/mol. The van der Waals surface area contributed by atoms with E-state index >= 15 is 0 Å². The number of nitrogens with zero attached hydrogens (tertiary/aromatic N) is 1. The van der Waals surface area contributed by atoms with Crippen molar-refractivity contribution in [3.8, 4) is 0 Å². The Labute approximate surface area is 157 Å². The number of benzene rings is 3. The van der Waals surface area contributed by atoms with Gasteiger partial charge in [-0.2, -0.15) is 0 Å². The summed E-state index contributed by atoms with van der Waals surface area (Å²) in [5.74, 6) is 0.759. The van der Waals surface area contributed by atoms with E-state index in [-0.39, 0.29) is 12.1 Å². The minimum atomic E-state index is -0.262. The molecule has 0 saturated heterocycles. The molecule has 1 amide bonds. The maximum absolute atomic E-state index is 13.2. The third-order valence-electron chi connectivity index (χ3n) is 5.02. The molecule has 1 atom stereocenters. The van der Waals surface area contributed by atoms with Gasteiger partial charge in [-0.05, 0) is 46.7 Å². The summed E-state index contributed by atoms with van der Waals surface area (Å²) in [4.78, 5) is 15.1. The van der Waals surface area contributed by atoms with Gasteiger partial charge in [0.2, 0.25) is 0 Å². The van der Waals surface area contributed by atoms with E-state index in [0.29, 0.717) is 12.1 Å². The summed E-state index contributed by atoms with van der Waals surface area (Å²) in [7, 11) is 0. The Morgan fingerprint density at radius 1 is 0.889 bits per heavy atom. The highest BCUT2D eigenvalue weighted by Gasteiger charge is 2.33. The van der Waals surface area contributed by atoms with E-state index < -0.39 is 0 Å². The van der Waals surface area contributed by atoms with Gasteiger partial charge in [-0.25, -0.2) is 0 Å². The highest BCUT2D eigenvalue weighted by atomic mass is 16.3. The monoisotopic (exact) mass is 354 g/mol. The number of rotatable bonds is 3. The van der Waals surface area contributed by atoms with Gasteiger partial charge in [-0.15, -0.1) is 0 Å². The molecule has 0 spiro atoms. The quantitative estimate of drug-likeness (QED) is 0.550. The predicted molar refractivity (Wildman–Crippen MR) is 105 cm³/mol. The Morgan fingerprint density at radius 3 is 2.56 bits per heavy atom. The van der Waals surface area contributed by atoms with E-state index in [9.17, 15) is 4.79 Å². The van der Waals surface area contributed by atoms with Crippen LogP contribution in [0.25, 0.3) is 10.8 Å². The van der Waals surface area contributed by atoms with Crippen molar-refractivity contribution in [3.63, 3.8) is 0 Å². The maximum atomic E-state index is 13.2. The third-order valence-corrected chi connectivity index (χ3v) is 5.02. The number of hydrogen-bond acceptors (Lipinski definition) is 3. The van der Waals surface area contributed by atoms with Crippen LogP contribution in [0.3, 0.4) is 0 Å². The number of hydrogen-bond donors (Lipinski definition) is 1. The Bertz CT molecular complexity index is 1120. The number of furan rings is 1. The molecule has 0 radical (unpaired) electrons. The zero-order chi connectivity index (χ0) is 18.2. The fraction of sp³-hybridized carbons (Fsp3) is 0.0870. The van der Waals surface area contributed by atoms with Gasteiger partial charge in [-0.1, -0.05) is 48.5 Å². The summed E-state index contributed by atoms with van der Waals surface area (Å²) in [6, 6.07) is 25.9. The molecule has 1 aliphatic rings. The van der Waals surface area contributed by atoms with Crippen molar-refractivity contribution < 1.29 is 9.21 Å². The molecule has 4 aromatic rings. The predicted octanol–water partition coefficient (Wildman–Crippen LogP) is 5.20. The Morgan fingerprint density at radius 2 is 1.70 bits per heavy atom. The Hall–Kier alpha value is -3.53. The fourth-order valence-electron chi connectivity index (χ4n) is 3.67. The molecule has 27 heavy (non-hydrogen) atoms. The summed E-state index contributed by atoms with van der Waals surface area (Å²) < 4.78 is 5.51. The number of fused-ring (bicyclic) bond motifs is 2. The molecule has 4 nitrogen and oxygen atoms in total. The van der Waals surface area contributed by atoms with Crippen LogP contribution in [0, 0.1) is 0 Å². The summed E-state index contributed by atoms with van der Waals surface area (Å²) >= 11 is 0. The van der Waals surface area contributed by atoms with Crippen LogP contribution in [0.15, 0.2) is 89.5 Å². The molecular weight excluding hydrogens is 336 g/mol. The van der Waals surface area contributed by atoms with Crippen LogP contribution in [0.4, 0.5) is 5.69 Å². The van der Waals surface area contributed by atoms with E-state index in [1.165, 1.54) is 5.39 Å². The molecular formula is C23H18N2O2. The molecule has 0 bridgehead atoms. The van der Waals surface area contributed by atoms with Crippen LogP contribution in [0.5, 0.6) is 0 Å². The maximum Gasteiger partial charge on any atom is 0.258 e. The molecule has 0 fully saturated rings. The van der Waals surface area contributed by atoms with Gasteiger partial charge in [0.25, 0.3) is 5.91 Å². The number of carbonyl (C=O) groups is 1. The molecule has 1 N–H and O–H groups in total. The van der Waals surface area contributed by atoms with Crippen LogP contribution < -0.4 is 5.32 Å². The topological polar surface area (TPSA) is 45.5 Å². The van der Waals surface area contributed by atoms with Crippen molar-refractivity contribution in [3.05, 3.63) is 102 Å². The number of carbonyl (C=O) groups excluding carboxylic acids is 1. The van der Waals surface area contributed by atoms with Crippen LogP contribution in [-0.4, -0.2) is 10.8 Å². The Kier molecular flexibility index (Phi) is 3.68. The van der Waals surface area contributed by atoms with Crippen LogP contribution in [0.1, 0.15) is 27.8 Å². The molecule has 0 saturated carbocycles. The van der Waals surface area contributed by atoms with E-state index in [0.717, 1.165) is 22.4 Å². The second-order valence-corrected chi connectivity index (χ2v) is 6.71. The third kappa shape index (κ3) is 2.75. The van der Waals surface area contributed by atoms with Gasteiger partial charge in [0.15, 0.2) is 0 Å². The smallest absolute Gasteiger partial charge is 0.258 e. The van der Waals surface area contributed by atoms with E-state index in [1.54, 1.807) is 6.26 Å². The van der Waals surface area contributed by atoms with Crippen molar-refractivity contribution in [2.45, 2.75) is 12.7 Å². The van der Waals surface area contributed by atoms with E-state index in [4.69, 9.17) is 4.42 Å². The minimum absolute atomic E-state index is 0.00101. The highest BCUT2D eigenvalue weighted by molar-refractivity contribution is 6.01. The van der Waals surface area contributed by atoms with Gasteiger partial charge >= 0.3 is 0 Å². The lowest BCUT2D eigenvalue weighted by Crippen LogP contribution is -2.42. The minimum Gasteiger partial charge on any atom is -0.467 e. The molecule has 132 valence electrons. The van der Waals surface area contributed by atoms with Gasteiger partial charge in [-0.3, -0.25) is 4.79 Å². The summed E-state index contributed by atoms with van der Waals surface area (Å²) in [5.41, 5.74) is 2.58. The van der Waals surface area contributed by atoms with E-state index in [1.807, 2.05) is 53.4 Å². The second-order valence-electron chi connectivity index (χ2n) is 6.71. The first-order valence-corrected chi connectivity index (χ1v) is 8.97. The molecule has 1 aliphatic heterocycles. The fourth-order valence-corrected chi connectivity index (χ4v) is 3.67. The molecule has 4 heteroatoms. The lowest BCUT2D eigenvalue weighted by molar-refractivity contribution is 0.0651. The summed E-state index contributed by atoms with van der Waals surface area (Å²) in [5, 5.41) is 5.87. The second kappa shape index (κ2) is 6.32. The largest absolute Gasteiger partial charge is 0.467 e. The first-order valence-electron chi connectivity index (χ1n) is 8.97. The van der Waals surface area contributed by atoms with Gasteiger partial charge in [0, 0.05) is 5.69 Å². The lowest BCUT2D eigenvalue weighted by atomic mass is 10.0.